The minimum atomic E-state index is 0.345. The lowest BCUT2D eigenvalue weighted by Crippen LogP contribution is -1.98. The highest BCUT2D eigenvalue weighted by molar-refractivity contribution is 6.28. The first kappa shape index (κ1) is 8.47. The Balaban J connectivity index is 3.25. The summed E-state index contributed by atoms with van der Waals surface area (Å²) >= 11 is 5.66. The van der Waals surface area contributed by atoms with Gasteiger partial charge < -0.3 is 0 Å². The number of hydrogen-bond donors (Lipinski definition) is 0. The molecule has 11 heavy (non-hydrogen) atoms. The molecule has 0 bridgehead atoms. The molecule has 1 aromatic heterocycles. The standard InChI is InChI=1S/C8H11ClN2/c1-4-7-5(2)10-8(9)11-6(7)3/h4H2,1-3H3. The van der Waals surface area contributed by atoms with Gasteiger partial charge in [-0.05, 0) is 37.4 Å². The van der Waals surface area contributed by atoms with Crippen molar-refractivity contribution in [3.8, 4) is 0 Å². The van der Waals surface area contributed by atoms with E-state index in [-0.39, 0.29) is 0 Å². The maximum atomic E-state index is 5.66. The van der Waals surface area contributed by atoms with Crippen molar-refractivity contribution >= 4 is 11.6 Å². The molecule has 1 rings (SSSR count). The van der Waals surface area contributed by atoms with Crippen LogP contribution in [-0.2, 0) is 6.42 Å². The van der Waals surface area contributed by atoms with Gasteiger partial charge in [-0.1, -0.05) is 6.92 Å². The molecule has 2 nitrogen and oxygen atoms in total. The van der Waals surface area contributed by atoms with Crippen LogP contribution in [-0.4, -0.2) is 9.97 Å². The molecule has 0 atom stereocenters. The predicted molar refractivity (Wildman–Crippen MR) is 45.9 cm³/mol. The molecular formula is C8H11ClN2. The maximum Gasteiger partial charge on any atom is 0.222 e. The third kappa shape index (κ3) is 1.69. The topological polar surface area (TPSA) is 25.8 Å². The van der Waals surface area contributed by atoms with Gasteiger partial charge in [0.1, 0.15) is 0 Å². The van der Waals surface area contributed by atoms with Crippen molar-refractivity contribution in [2.24, 2.45) is 0 Å². The van der Waals surface area contributed by atoms with E-state index in [1.807, 2.05) is 13.8 Å². The minimum absolute atomic E-state index is 0.345. The molecule has 0 aromatic carbocycles. The minimum Gasteiger partial charge on any atom is -0.223 e. The molecular weight excluding hydrogens is 160 g/mol. The SMILES string of the molecule is CCc1c(C)nc(Cl)nc1C. The van der Waals surface area contributed by atoms with Crippen molar-refractivity contribution in [3.05, 3.63) is 22.2 Å². The molecule has 0 amide bonds. The summed E-state index contributed by atoms with van der Waals surface area (Å²) in [7, 11) is 0. The Kier molecular flexibility index (Phi) is 2.45. The van der Waals surface area contributed by atoms with Crippen molar-refractivity contribution in [2.45, 2.75) is 27.2 Å². The van der Waals surface area contributed by atoms with E-state index in [0.717, 1.165) is 17.8 Å². The molecule has 0 radical (unpaired) electrons. The van der Waals surface area contributed by atoms with Crippen LogP contribution in [0.25, 0.3) is 0 Å². The van der Waals surface area contributed by atoms with Gasteiger partial charge in [0.05, 0.1) is 0 Å². The molecule has 0 N–H and O–H groups in total. The van der Waals surface area contributed by atoms with Gasteiger partial charge in [0.2, 0.25) is 5.28 Å². The Bertz CT molecular complexity index is 248. The summed E-state index contributed by atoms with van der Waals surface area (Å²) in [6, 6.07) is 0. The molecule has 0 saturated heterocycles. The molecule has 0 aliphatic heterocycles. The van der Waals surface area contributed by atoms with Gasteiger partial charge in [0.15, 0.2) is 0 Å². The molecule has 3 heteroatoms. The number of halogens is 1. The fourth-order valence-corrected chi connectivity index (χ4v) is 1.46. The van der Waals surface area contributed by atoms with Crippen LogP contribution in [0.2, 0.25) is 5.28 Å². The Morgan fingerprint density at radius 3 is 2.00 bits per heavy atom. The first-order valence-corrected chi connectivity index (χ1v) is 4.02. The highest BCUT2D eigenvalue weighted by Gasteiger charge is 2.03. The predicted octanol–water partition coefficient (Wildman–Crippen LogP) is 2.31. The van der Waals surface area contributed by atoms with E-state index in [9.17, 15) is 0 Å². The molecule has 60 valence electrons. The van der Waals surface area contributed by atoms with Crippen LogP contribution in [0.15, 0.2) is 0 Å². The van der Waals surface area contributed by atoms with Crippen molar-refractivity contribution < 1.29 is 0 Å². The summed E-state index contributed by atoms with van der Waals surface area (Å²) in [5.74, 6) is 0. The monoisotopic (exact) mass is 170 g/mol. The van der Waals surface area contributed by atoms with Gasteiger partial charge in [-0.3, -0.25) is 0 Å². The lowest BCUT2D eigenvalue weighted by molar-refractivity contribution is 0.955. The highest BCUT2D eigenvalue weighted by Crippen LogP contribution is 2.12. The van der Waals surface area contributed by atoms with E-state index in [0.29, 0.717) is 5.28 Å². The summed E-state index contributed by atoms with van der Waals surface area (Å²) in [6.07, 6.45) is 0.967. The van der Waals surface area contributed by atoms with Crippen molar-refractivity contribution in [1.82, 2.24) is 9.97 Å². The van der Waals surface area contributed by atoms with Gasteiger partial charge in [0.25, 0.3) is 0 Å². The maximum absolute atomic E-state index is 5.66. The third-order valence-corrected chi connectivity index (χ3v) is 1.92. The van der Waals surface area contributed by atoms with Crippen LogP contribution in [0, 0.1) is 13.8 Å². The molecule has 1 aromatic rings. The lowest BCUT2D eigenvalue weighted by atomic mass is 10.1. The highest BCUT2D eigenvalue weighted by atomic mass is 35.5. The smallest absolute Gasteiger partial charge is 0.222 e. The van der Waals surface area contributed by atoms with E-state index in [1.54, 1.807) is 0 Å². The van der Waals surface area contributed by atoms with Crippen LogP contribution in [0.5, 0.6) is 0 Å². The normalized spacial score (nSPS) is 10.2. The average molecular weight is 171 g/mol. The van der Waals surface area contributed by atoms with E-state index < -0.39 is 0 Å². The molecule has 1 heterocycles. The molecule has 0 aliphatic carbocycles. The van der Waals surface area contributed by atoms with Crippen molar-refractivity contribution in [2.75, 3.05) is 0 Å². The van der Waals surface area contributed by atoms with Crippen molar-refractivity contribution in [3.63, 3.8) is 0 Å². The van der Waals surface area contributed by atoms with Gasteiger partial charge in [0, 0.05) is 11.4 Å². The Hall–Kier alpha value is -0.630. The fourth-order valence-electron chi connectivity index (χ4n) is 1.21. The van der Waals surface area contributed by atoms with Crippen LogP contribution < -0.4 is 0 Å². The number of aryl methyl sites for hydroxylation is 2. The average Bonchev–Trinajstić information content (AvgIpc) is 1.85. The number of rotatable bonds is 1. The second kappa shape index (κ2) is 3.18. The molecule has 0 unspecified atom stereocenters. The quantitative estimate of drug-likeness (QED) is 0.605. The van der Waals surface area contributed by atoms with E-state index in [1.165, 1.54) is 5.56 Å². The summed E-state index contributed by atoms with van der Waals surface area (Å²) in [4.78, 5) is 8.12. The molecule has 0 spiro atoms. The number of hydrogen-bond acceptors (Lipinski definition) is 2. The van der Waals surface area contributed by atoms with Gasteiger partial charge in [-0.2, -0.15) is 0 Å². The second-order valence-electron chi connectivity index (χ2n) is 2.50. The lowest BCUT2D eigenvalue weighted by Gasteiger charge is -2.04. The number of nitrogens with zero attached hydrogens (tertiary/aromatic N) is 2. The van der Waals surface area contributed by atoms with Crippen LogP contribution in [0.1, 0.15) is 23.9 Å². The molecule has 0 fully saturated rings. The Morgan fingerprint density at radius 1 is 1.18 bits per heavy atom. The van der Waals surface area contributed by atoms with E-state index >= 15 is 0 Å². The summed E-state index contributed by atoms with van der Waals surface area (Å²) in [6.45, 7) is 6.01. The summed E-state index contributed by atoms with van der Waals surface area (Å²) in [5, 5.41) is 0.345. The van der Waals surface area contributed by atoms with Gasteiger partial charge in [-0.25, -0.2) is 9.97 Å². The van der Waals surface area contributed by atoms with E-state index in [2.05, 4.69) is 16.9 Å². The summed E-state index contributed by atoms with van der Waals surface area (Å²) < 4.78 is 0. The van der Waals surface area contributed by atoms with Crippen LogP contribution in [0.4, 0.5) is 0 Å². The number of aromatic nitrogens is 2. The largest absolute Gasteiger partial charge is 0.223 e. The second-order valence-corrected chi connectivity index (χ2v) is 2.83. The first-order chi connectivity index (χ1) is 5.15. The van der Waals surface area contributed by atoms with Crippen molar-refractivity contribution in [1.29, 1.82) is 0 Å². The zero-order valence-electron chi connectivity index (χ0n) is 6.98. The Labute approximate surface area is 71.6 Å². The fraction of sp³-hybridized carbons (Fsp3) is 0.500. The van der Waals surface area contributed by atoms with Crippen LogP contribution >= 0.6 is 11.6 Å². The van der Waals surface area contributed by atoms with E-state index in [4.69, 9.17) is 11.6 Å². The third-order valence-electron chi connectivity index (χ3n) is 1.75. The first-order valence-electron chi connectivity index (χ1n) is 3.64. The van der Waals surface area contributed by atoms with Gasteiger partial charge in [-0.15, -0.1) is 0 Å². The summed E-state index contributed by atoms with van der Waals surface area (Å²) in [5.41, 5.74) is 3.18. The Morgan fingerprint density at radius 2 is 1.64 bits per heavy atom. The molecule has 0 saturated carbocycles. The zero-order chi connectivity index (χ0) is 8.43. The van der Waals surface area contributed by atoms with Gasteiger partial charge >= 0.3 is 0 Å². The molecule has 0 aliphatic rings. The van der Waals surface area contributed by atoms with Crippen LogP contribution in [0.3, 0.4) is 0 Å². The zero-order valence-corrected chi connectivity index (χ0v) is 7.74.